The second kappa shape index (κ2) is 6.62. The minimum atomic E-state index is 0.225. The lowest BCUT2D eigenvalue weighted by Crippen LogP contribution is -2.02. The van der Waals surface area contributed by atoms with Crippen LogP contribution in [0.2, 0.25) is 10.0 Å². The molecule has 0 saturated carbocycles. The molecule has 3 aromatic rings. The van der Waals surface area contributed by atoms with Crippen molar-refractivity contribution in [2.24, 2.45) is 0 Å². The van der Waals surface area contributed by atoms with Crippen LogP contribution in [0.15, 0.2) is 42.6 Å². The Hall–Kier alpha value is -2.77. The van der Waals surface area contributed by atoms with Crippen molar-refractivity contribution < 1.29 is 9.47 Å². The second-order valence-corrected chi connectivity index (χ2v) is 5.87. The Morgan fingerprint density at radius 1 is 1.00 bits per heavy atom. The van der Waals surface area contributed by atoms with Crippen LogP contribution in [0.1, 0.15) is 0 Å². The molecule has 2 N–H and O–H groups in total. The highest BCUT2D eigenvalue weighted by atomic mass is 35.5. The Morgan fingerprint density at radius 2 is 1.88 bits per heavy atom. The van der Waals surface area contributed by atoms with Crippen molar-refractivity contribution in [3.8, 4) is 11.5 Å². The molecule has 2 heterocycles. The molecule has 2 aromatic carbocycles. The molecule has 0 atom stereocenters. The monoisotopic (exact) mass is 375 g/mol. The topological polar surface area (TPSA) is 81.2 Å². The lowest BCUT2D eigenvalue weighted by atomic mass is 10.3. The average Bonchev–Trinajstić information content (AvgIpc) is 3.07. The van der Waals surface area contributed by atoms with Crippen LogP contribution in [0.4, 0.5) is 23.1 Å². The summed E-state index contributed by atoms with van der Waals surface area (Å²) in [7, 11) is 0. The Labute approximate surface area is 152 Å². The number of fused-ring (bicyclic) bond motifs is 1. The molecule has 25 heavy (non-hydrogen) atoms. The van der Waals surface area contributed by atoms with Gasteiger partial charge in [0, 0.05) is 11.8 Å². The van der Waals surface area contributed by atoms with Crippen LogP contribution < -0.4 is 20.1 Å². The molecule has 1 aliphatic heterocycles. The van der Waals surface area contributed by atoms with Gasteiger partial charge in [0.15, 0.2) is 17.3 Å². The van der Waals surface area contributed by atoms with Gasteiger partial charge in [0.1, 0.15) is 0 Å². The zero-order chi connectivity index (χ0) is 17.2. The fraction of sp³-hybridized carbons (Fsp3) is 0.0625. The summed E-state index contributed by atoms with van der Waals surface area (Å²) < 4.78 is 10.6. The van der Waals surface area contributed by atoms with Gasteiger partial charge in [-0.3, -0.25) is 0 Å². The highest BCUT2D eigenvalue weighted by molar-refractivity contribution is 6.43. The van der Waals surface area contributed by atoms with E-state index >= 15 is 0 Å². The van der Waals surface area contributed by atoms with Crippen LogP contribution in [0.25, 0.3) is 0 Å². The lowest BCUT2D eigenvalue weighted by Gasteiger charge is -2.09. The molecule has 7 nitrogen and oxygen atoms in total. The van der Waals surface area contributed by atoms with E-state index in [0.717, 1.165) is 5.69 Å². The van der Waals surface area contributed by atoms with Gasteiger partial charge in [0.05, 0.1) is 21.9 Å². The first kappa shape index (κ1) is 15.7. The molecule has 1 aromatic heterocycles. The van der Waals surface area contributed by atoms with Crippen molar-refractivity contribution in [2.45, 2.75) is 0 Å². The van der Waals surface area contributed by atoms with Crippen molar-refractivity contribution >= 4 is 46.3 Å². The summed E-state index contributed by atoms with van der Waals surface area (Å²) in [6, 6.07) is 10.8. The Kier molecular flexibility index (Phi) is 4.17. The SMILES string of the molecule is Clc1cccc(Nc2nncc(Nc3ccc4c(c3)OCO4)n2)c1Cl. The minimum Gasteiger partial charge on any atom is -0.454 e. The summed E-state index contributed by atoms with van der Waals surface area (Å²) >= 11 is 12.2. The van der Waals surface area contributed by atoms with Crippen molar-refractivity contribution in [3.05, 3.63) is 52.6 Å². The van der Waals surface area contributed by atoms with E-state index < -0.39 is 0 Å². The van der Waals surface area contributed by atoms with E-state index in [1.54, 1.807) is 18.2 Å². The van der Waals surface area contributed by atoms with Crippen molar-refractivity contribution in [1.29, 1.82) is 0 Å². The van der Waals surface area contributed by atoms with Crippen molar-refractivity contribution in [2.75, 3.05) is 17.4 Å². The third-order valence-electron chi connectivity index (χ3n) is 3.40. The summed E-state index contributed by atoms with van der Waals surface area (Å²) in [6.45, 7) is 0.225. The van der Waals surface area contributed by atoms with Gasteiger partial charge < -0.3 is 20.1 Å². The molecule has 126 valence electrons. The van der Waals surface area contributed by atoms with Gasteiger partial charge >= 0.3 is 0 Å². The summed E-state index contributed by atoms with van der Waals surface area (Å²) in [4.78, 5) is 4.36. The number of ether oxygens (including phenoxy) is 2. The molecule has 1 aliphatic rings. The van der Waals surface area contributed by atoms with Crippen LogP contribution in [0.5, 0.6) is 11.5 Å². The maximum atomic E-state index is 6.16. The van der Waals surface area contributed by atoms with E-state index in [-0.39, 0.29) is 12.7 Å². The van der Waals surface area contributed by atoms with E-state index in [1.807, 2.05) is 18.2 Å². The van der Waals surface area contributed by atoms with E-state index in [1.165, 1.54) is 6.20 Å². The number of benzene rings is 2. The Morgan fingerprint density at radius 3 is 2.80 bits per heavy atom. The quantitative estimate of drug-likeness (QED) is 0.699. The fourth-order valence-corrected chi connectivity index (χ4v) is 2.61. The van der Waals surface area contributed by atoms with Crippen LogP contribution in [-0.4, -0.2) is 22.0 Å². The third-order valence-corrected chi connectivity index (χ3v) is 4.22. The predicted molar refractivity (Wildman–Crippen MR) is 95.4 cm³/mol. The smallest absolute Gasteiger partial charge is 0.249 e. The molecule has 9 heteroatoms. The maximum Gasteiger partial charge on any atom is 0.249 e. The normalized spacial score (nSPS) is 12.1. The first-order chi connectivity index (χ1) is 12.2. The highest BCUT2D eigenvalue weighted by Crippen LogP contribution is 2.35. The maximum absolute atomic E-state index is 6.16. The van der Waals surface area contributed by atoms with Crippen LogP contribution >= 0.6 is 23.2 Å². The van der Waals surface area contributed by atoms with Gasteiger partial charge in [-0.1, -0.05) is 29.3 Å². The number of rotatable bonds is 4. The number of hydrogen-bond donors (Lipinski definition) is 2. The van der Waals surface area contributed by atoms with E-state index in [9.17, 15) is 0 Å². The number of halogens is 2. The van der Waals surface area contributed by atoms with E-state index in [4.69, 9.17) is 32.7 Å². The van der Waals surface area contributed by atoms with Gasteiger partial charge in [-0.05, 0) is 24.3 Å². The first-order valence-corrected chi connectivity index (χ1v) is 8.02. The van der Waals surface area contributed by atoms with E-state index in [2.05, 4.69) is 25.8 Å². The molecule has 0 saturated heterocycles. The molecule has 0 spiro atoms. The fourth-order valence-electron chi connectivity index (χ4n) is 2.26. The molecule has 0 bridgehead atoms. The third kappa shape index (κ3) is 3.38. The van der Waals surface area contributed by atoms with Gasteiger partial charge in [-0.25, -0.2) is 0 Å². The second-order valence-electron chi connectivity index (χ2n) is 5.08. The van der Waals surface area contributed by atoms with Gasteiger partial charge in [-0.2, -0.15) is 10.1 Å². The molecular weight excluding hydrogens is 365 g/mol. The van der Waals surface area contributed by atoms with Crippen LogP contribution in [-0.2, 0) is 0 Å². The molecule has 0 radical (unpaired) electrons. The highest BCUT2D eigenvalue weighted by Gasteiger charge is 2.13. The lowest BCUT2D eigenvalue weighted by molar-refractivity contribution is 0.174. The summed E-state index contributed by atoms with van der Waals surface area (Å²) in [5.41, 5.74) is 1.38. The average molecular weight is 376 g/mol. The zero-order valence-corrected chi connectivity index (χ0v) is 14.2. The summed E-state index contributed by atoms with van der Waals surface area (Å²) in [5.74, 6) is 2.19. The van der Waals surface area contributed by atoms with Crippen molar-refractivity contribution in [3.63, 3.8) is 0 Å². The Bertz CT molecular complexity index is 938. The Balaban J connectivity index is 1.54. The minimum absolute atomic E-state index is 0.225. The van der Waals surface area contributed by atoms with Gasteiger partial charge in [-0.15, -0.1) is 5.10 Å². The van der Waals surface area contributed by atoms with Crippen LogP contribution in [0, 0.1) is 0 Å². The van der Waals surface area contributed by atoms with Gasteiger partial charge in [0.2, 0.25) is 12.7 Å². The summed E-state index contributed by atoms with van der Waals surface area (Å²) in [6.07, 6.45) is 1.51. The number of nitrogens with one attached hydrogen (secondary N) is 2. The largest absolute Gasteiger partial charge is 0.454 e. The molecule has 0 fully saturated rings. The molecular formula is C16H11Cl2N5O2. The number of hydrogen-bond acceptors (Lipinski definition) is 7. The van der Waals surface area contributed by atoms with E-state index in [0.29, 0.717) is 33.0 Å². The zero-order valence-electron chi connectivity index (χ0n) is 12.7. The number of anilines is 4. The molecule has 0 amide bonds. The van der Waals surface area contributed by atoms with Crippen molar-refractivity contribution in [1.82, 2.24) is 15.2 Å². The molecule has 4 rings (SSSR count). The standard InChI is InChI=1S/C16H11Cl2N5O2/c17-10-2-1-3-11(15(10)18)21-16-22-14(7-19-23-16)20-9-4-5-12-13(6-9)25-8-24-12/h1-7H,8H2,(H2,20,21,22,23). The number of nitrogens with zero attached hydrogens (tertiary/aromatic N) is 3. The molecule has 0 aliphatic carbocycles. The summed E-state index contributed by atoms with van der Waals surface area (Å²) in [5, 5.41) is 14.8. The number of aromatic nitrogens is 3. The molecule has 0 unspecified atom stereocenters. The van der Waals surface area contributed by atoms with Crippen LogP contribution in [0.3, 0.4) is 0 Å². The predicted octanol–water partition coefficient (Wildman–Crippen LogP) is 4.39. The van der Waals surface area contributed by atoms with Gasteiger partial charge in [0.25, 0.3) is 0 Å². The first-order valence-electron chi connectivity index (χ1n) is 7.26.